The Kier molecular flexibility index (Phi) is 7.00. The number of carbonyl (C=O) groups excluding carboxylic acids is 1. The van der Waals surface area contributed by atoms with Crippen LogP contribution in [0.15, 0.2) is 79.0 Å². The summed E-state index contributed by atoms with van der Waals surface area (Å²) in [6.45, 7) is 9.58. The van der Waals surface area contributed by atoms with Gasteiger partial charge in [-0.05, 0) is 55.7 Å². The van der Waals surface area contributed by atoms with Gasteiger partial charge in [-0.1, -0.05) is 60.7 Å². The number of urea groups is 1. The van der Waals surface area contributed by atoms with E-state index in [9.17, 15) is 4.79 Å². The van der Waals surface area contributed by atoms with Crippen LogP contribution in [-0.2, 0) is 0 Å². The van der Waals surface area contributed by atoms with Crippen molar-refractivity contribution in [3.8, 4) is 0 Å². The number of hydrogen-bond acceptors (Lipinski definition) is 2. The number of nitrogens with one attached hydrogen (secondary N) is 2. The van der Waals surface area contributed by atoms with Crippen molar-refractivity contribution >= 4 is 17.3 Å². The number of aryl methyl sites for hydroxylation is 1. The van der Waals surface area contributed by atoms with Crippen molar-refractivity contribution in [3.05, 3.63) is 95.7 Å². The predicted molar refractivity (Wildman–Crippen MR) is 114 cm³/mol. The molecule has 2 rings (SSSR count). The zero-order valence-corrected chi connectivity index (χ0v) is 16.1. The highest BCUT2D eigenvalue weighted by atomic mass is 16.2. The maximum Gasteiger partial charge on any atom is 0.319 e. The molecule has 0 saturated heterocycles. The molecule has 1 atom stereocenters. The largest absolute Gasteiger partial charge is 0.402 e. The van der Waals surface area contributed by atoms with Crippen molar-refractivity contribution in [2.24, 2.45) is 5.73 Å². The second-order valence-electron chi connectivity index (χ2n) is 6.55. The van der Waals surface area contributed by atoms with Crippen LogP contribution in [0.2, 0.25) is 0 Å². The number of allylic oxidation sites excluding steroid dienone is 5. The summed E-state index contributed by atoms with van der Waals surface area (Å²) in [7, 11) is 0. The Balaban J connectivity index is 2.02. The van der Waals surface area contributed by atoms with Gasteiger partial charge in [-0.15, -0.1) is 0 Å². The van der Waals surface area contributed by atoms with E-state index >= 15 is 0 Å². The lowest BCUT2D eigenvalue weighted by Gasteiger charge is -2.15. The van der Waals surface area contributed by atoms with Gasteiger partial charge in [0.05, 0.1) is 6.04 Å². The van der Waals surface area contributed by atoms with E-state index in [0.717, 1.165) is 28.1 Å². The summed E-state index contributed by atoms with van der Waals surface area (Å²) in [6.07, 6.45) is 5.51. The van der Waals surface area contributed by atoms with Gasteiger partial charge in [0.25, 0.3) is 0 Å². The lowest BCUT2D eigenvalue weighted by Crippen LogP contribution is -2.31. The molecule has 2 aromatic rings. The molecular formula is C23H27N3O. The van der Waals surface area contributed by atoms with Gasteiger partial charge in [-0.2, -0.15) is 0 Å². The Morgan fingerprint density at radius 3 is 2.30 bits per heavy atom. The molecule has 2 aromatic carbocycles. The number of anilines is 1. The van der Waals surface area contributed by atoms with Crippen LogP contribution in [0, 0.1) is 6.92 Å². The fourth-order valence-corrected chi connectivity index (χ4v) is 2.65. The Hall–Kier alpha value is -3.27. The van der Waals surface area contributed by atoms with Crippen LogP contribution in [0.5, 0.6) is 0 Å². The molecule has 0 aliphatic carbocycles. The topological polar surface area (TPSA) is 67.1 Å². The molecular weight excluding hydrogens is 334 g/mol. The van der Waals surface area contributed by atoms with Crippen molar-refractivity contribution in [1.29, 1.82) is 0 Å². The zero-order valence-electron chi connectivity index (χ0n) is 16.1. The van der Waals surface area contributed by atoms with E-state index in [1.165, 1.54) is 5.56 Å². The third kappa shape index (κ3) is 6.19. The highest BCUT2D eigenvalue weighted by molar-refractivity contribution is 5.90. The molecule has 0 radical (unpaired) electrons. The maximum atomic E-state index is 12.3. The van der Waals surface area contributed by atoms with E-state index in [1.54, 1.807) is 6.08 Å². The number of rotatable bonds is 6. The molecule has 4 nitrogen and oxygen atoms in total. The predicted octanol–water partition coefficient (Wildman–Crippen LogP) is 5.31. The van der Waals surface area contributed by atoms with Gasteiger partial charge >= 0.3 is 6.03 Å². The molecule has 140 valence electrons. The number of carbonyl (C=O) groups is 1. The molecule has 0 heterocycles. The van der Waals surface area contributed by atoms with Crippen molar-refractivity contribution in [2.45, 2.75) is 26.8 Å². The van der Waals surface area contributed by atoms with Crippen LogP contribution in [-0.4, -0.2) is 6.03 Å². The molecule has 0 spiro atoms. The molecule has 0 aliphatic rings. The SMILES string of the molecule is C=C/C=C(\C=C(\C)N)c1ccc(NC(=O)N[C@H](C)c2ccc(C)cc2)cc1. The molecule has 2 amide bonds. The summed E-state index contributed by atoms with van der Waals surface area (Å²) in [5.41, 5.74) is 11.4. The molecule has 0 bridgehead atoms. The zero-order chi connectivity index (χ0) is 19.8. The maximum absolute atomic E-state index is 12.3. The van der Waals surface area contributed by atoms with E-state index in [0.29, 0.717) is 0 Å². The van der Waals surface area contributed by atoms with E-state index < -0.39 is 0 Å². The first kappa shape index (κ1) is 20.0. The standard InChI is InChI=1S/C23H27N3O/c1-5-6-21(15-17(3)24)20-11-13-22(14-12-20)26-23(27)25-18(4)19-9-7-16(2)8-10-19/h5-15,18H,1,24H2,2-4H3,(H2,25,26,27)/b17-15-,21-6+/t18-/m1/s1. The van der Waals surface area contributed by atoms with Crippen molar-refractivity contribution < 1.29 is 4.79 Å². The Labute approximate surface area is 161 Å². The van der Waals surface area contributed by atoms with Crippen LogP contribution in [0.3, 0.4) is 0 Å². The number of nitrogens with two attached hydrogens (primary N) is 1. The molecule has 4 heteroatoms. The van der Waals surface area contributed by atoms with Crippen molar-refractivity contribution in [3.63, 3.8) is 0 Å². The molecule has 0 unspecified atom stereocenters. The average Bonchev–Trinajstić information content (AvgIpc) is 2.62. The van der Waals surface area contributed by atoms with Crippen molar-refractivity contribution in [1.82, 2.24) is 5.32 Å². The smallest absolute Gasteiger partial charge is 0.319 e. The highest BCUT2D eigenvalue weighted by Crippen LogP contribution is 2.20. The third-order valence-corrected chi connectivity index (χ3v) is 4.08. The van der Waals surface area contributed by atoms with E-state index in [2.05, 4.69) is 17.2 Å². The minimum Gasteiger partial charge on any atom is -0.402 e. The van der Waals surface area contributed by atoms with Crippen LogP contribution in [0.4, 0.5) is 10.5 Å². The molecule has 0 fully saturated rings. The summed E-state index contributed by atoms with van der Waals surface area (Å²) in [5, 5.41) is 5.81. The first-order chi connectivity index (χ1) is 12.9. The van der Waals surface area contributed by atoms with Gasteiger partial charge in [0.2, 0.25) is 0 Å². The Bertz CT molecular complexity index is 842. The monoisotopic (exact) mass is 361 g/mol. The highest BCUT2D eigenvalue weighted by Gasteiger charge is 2.09. The fraction of sp³-hybridized carbons (Fsp3) is 0.174. The van der Waals surface area contributed by atoms with Crippen molar-refractivity contribution in [2.75, 3.05) is 5.32 Å². The molecule has 0 aromatic heterocycles. The van der Waals surface area contributed by atoms with E-state index in [4.69, 9.17) is 5.73 Å². The van der Waals surface area contributed by atoms with Gasteiger partial charge in [0, 0.05) is 11.4 Å². The van der Waals surface area contributed by atoms with Gasteiger partial charge < -0.3 is 16.4 Å². The minimum atomic E-state index is -0.240. The first-order valence-electron chi connectivity index (χ1n) is 8.90. The minimum absolute atomic E-state index is 0.0790. The Morgan fingerprint density at radius 1 is 1.11 bits per heavy atom. The van der Waals surface area contributed by atoms with Gasteiger partial charge in [0.15, 0.2) is 0 Å². The van der Waals surface area contributed by atoms with Gasteiger partial charge in [-0.3, -0.25) is 0 Å². The first-order valence-corrected chi connectivity index (χ1v) is 8.90. The van der Waals surface area contributed by atoms with E-state index in [1.807, 2.05) is 81.5 Å². The molecule has 0 saturated carbocycles. The fourth-order valence-electron chi connectivity index (χ4n) is 2.65. The van der Waals surface area contributed by atoms with Gasteiger partial charge in [0.1, 0.15) is 0 Å². The summed E-state index contributed by atoms with van der Waals surface area (Å²) in [4.78, 5) is 12.3. The second-order valence-corrected chi connectivity index (χ2v) is 6.55. The lowest BCUT2D eigenvalue weighted by atomic mass is 10.0. The summed E-state index contributed by atoms with van der Waals surface area (Å²) in [5.74, 6) is 0. The second kappa shape index (κ2) is 9.43. The lowest BCUT2D eigenvalue weighted by molar-refractivity contribution is 0.249. The average molecular weight is 361 g/mol. The molecule has 27 heavy (non-hydrogen) atoms. The van der Waals surface area contributed by atoms with Gasteiger partial charge in [-0.25, -0.2) is 4.79 Å². The molecule has 0 aliphatic heterocycles. The normalized spacial score (nSPS) is 13.0. The summed E-state index contributed by atoms with van der Waals surface area (Å²) in [6, 6.07) is 15.4. The summed E-state index contributed by atoms with van der Waals surface area (Å²) >= 11 is 0. The number of benzene rings is 2. The quantitative estimate of drug-likeness (QED) is 0.610. The third-order valence-electron chi connectivity index (χ3n) is 4.08. The van der Waals surface area contributed by atoms with Crippen LogP contribution in [0.1, 0.15) is 36.6 Å². The van der Waals surface area contributed by atoms with E-state index in [-0.39, 0.29) is 12.1 Å². The Morgan fingerprint density at radius 2 is 1.74 bits per heavy atom. The molecule has 4 N–H and O–H groups in total. The van der Waals surface area contributed by atoms with Crippen LogP contribution < -0.4 is 16.4 Å². The van der Waals surface area contributed by atoms with Crippen LogP contribution >= 0.6 is 0 Å². The summed E-state index contributed by atoms with van der Waals surface area (Å²) < 4.78 is 0. The van der Waals surface area contributed by atoms with Crippen LogP contribution in [0.25, 0.3) is 5.57 Å². The number of hydrogen-bond donors (Lipinski definition) is 3. The number of amides is 2.